The summed E-state index contributed by atoms with van der Waals surface area (Å²) in [5.74, 6) is 0. The Kier molecular flexibility index (Phi) is 3.31. The van der Waals surface area contributed by atoms with E-state index in [-0.39, 0.29) is 0 Å². The summed E-state index contributed by atoms with van der Waals surface area (Å²) >= 11 is 0. The van der Waals surface area contributed by atoms with Crippen molar-refractivity contribution in [2.45, 2.75) is 13.8 Å². The molecule has 3 rings (SSSR count). The lowest BCUT2D eigenvalue weighted by atomic mass is 10.1. The molecule has 0 N–H and O–H groups in total. The van der Waals surface area contributed by atoms with Gasteiger partial charge in [-0.3, -0.25) is 9.78 Å². The van der Waals surface area contributed by atoms with Gasteiger partial charge in [0.1, 0.15) is 5.69 Å². The van der Waals surface area contributed by atoms with Crippen molar-refractivity contribution in [1.82, 2.24) is 20.0 Å². The summed E-state index contributed by atoms with van der Waals surface area (Å²) in [6.45, 7) is 4.02. The summed E-state index contributed by atoms with van der Waals surface area (Å²) < 4.78 is 1.70. The molecular weight excluding hydrogens is 264 g/mol. The molecule has 0 saturated heterocycles. The van der Waals surface area contributed by atoms with Gasteiger partial charge in [-0.25, -0.2) is 4.68 Å². The molecule has 0 aliphatic rings. The summed E-state index contributed by atoms with van der Waals surface area (Å²) in [6, 6.07) is 9.81. The Bertz CT molecular complexity index is 793. The Hall–Kier alpha value is -2.82. The molecule has 104 valence electrons. The molecule has 0 unspecified atom stereocenters. The lowest BCUT2D eigenvalue weighted by Crippen LogP contribution is -2.03. The van der Waals surface area contributed by atoms with Crippen LogP contribution >= 0.6 is 0 Å². The standard InChI is InChI=1S/C16H14N4O/c1-11-5-6-12(2)15(8-11)20-16(14(10-21)18-19-20)13-4-3-7-17-9-13/h3-10H,1-2H3. The van der Waals surface area contributed by atoms with Gasteiger partial charge in [-0.15, -0.1) is 5.10 Å². The van der Waals surface area contributed by atoms with Gasteiger partial charge < -0.3 is 0 Å². The number of nitrogens with zero attached hydrogens (tertiary/aromatic N) is 4. The van der Waals surface area contributed by atoms with Gasteiger partial charge >= 0.3 is 0 Å². The Morgan fingerprint density at radius 2 is 2.05 bits per heavy atom. The van der Waals surface area contributed by atoms with Crippen LogP contribution in [-0.4, -0.2) is 26.3 Å². The lowest BCUT2D eigenvalue weighted by Gasteiger charge is -2.10. The molecule has 5 nitrogen and oxygen atoms in total. The number of carbonyl (C=O) groups excluding carboxylic acids is 1. The van der Waals surface area contributed by atoms with Crippen molar-refractivity contribution < 1.29 is 4.79 Å². The topological polar surface area (TPSA) is 60.7 Å². The van der Waals surface area contributed by atoms with E-state index in [0.29, 0.717) is 11.4 Å². The fourth-order valence-electron chi connectivity index (χ4n) is 2.26. The molecule has 0 bridgehead atoms. The van der Waals surface area contributed by atoms with Crippen molar-refractivity contribution >= 4 is 6.29 Å². The Balaban J connectivity index is 2.27. The van der Waals surface area contributed by atoms with Gasteiger partial charge in [-0.2, -0.15) is 0 Å². The van der Waals surface area contributed by atoms with Crippen LogP contribution in [0.1, 0.15) is 21.6 Å². The van der Waals surface area contributed by atoms with E-state index in [1.807, 2.05) is 44.2 Å². The Labute approximate surface area is 122 Å². The number of benzene rings is 1. The van der Waals surface area contributed by atoms with E-state index in [1.54, 1.807) is 17.1 Å². The van der Waals surface area contributed by atoms with Gasteiger partial charge in [0.25, 0.3) is 0 Å². The highest BCUT2D eigenvalue weighted by Crippen LogP contribution is 2.25. The van der Waals surface area contributed by atoms with E-state index in [4.69, 9.17) is 0 Å². The Morgan fingerprint density at radius 3 is 2.76 bits per heavy atom. The smallest absolute Gasteiger partial charge is 0.172 e. The van der Waals surface area contributed by atoms with Crippen LogP contribution in [-0.2, 0) is 0 Å². The van der Waals surface area contributed by atoms with Crippen molar-refractivity contribution in [1.29, 1.82) is 0 Å². The van der Waals surface area contributed by atoms with Crippen LogP contribution in [0, 0.1) is 13.8 Å². The van der Waals surface area contributed by atoms with E-state index in [9.17, 15) is 4.79 Å². The molecule has 0 aliphatic carbocycles. The Morgan fingerprint density at radius 1 is 1.19 bits per heavy atom. The molecule has 21 heavy (non-hydrogen) atoms. The summed E-state index contributed by atoms with van der Waals surface area (Å²) in [6.07, 6.45) is 4.11. The van der Waals surface area contributed by atoms with Crippen molar-refractivity contribution in [2.24, 2.45) is 0 Å². The molecule has 0 fully saturated rings. The summed E-state index contributed by atoms with van der Waals surface area (Å²) in [4.78, 5) is 15.4. The van der Waals surface area contributed by atoms with Gasteiger partial charge in [-0.1, -0.05) is 17.3 Å². The number of aryl methyl sites for hydroxylation is 2. The molecule has 1 aromatic carbocycles. The highest BCUT2D eigenvalue weighted by Gasteiger charge is 2.17. The normalized spacial score (nSPS) is 10.6. The highest BCUT2D eigenvalue weighted by molar-refractivity contribution is 5.83. The van der Waals surface area contributed by atoms with Gasteiger partial charge in [0, 0.05) is 18.0 Å². The first-order chi connectivity index (χ1) is 10.2. The van der Waals surface area contributed by atoms with Gasteiger partial charge in [0.2, 0.25) is 0 Å². The molecular formula is C16H14N4O. The maximum atomic E-state index is 11.3. The van der Waals surface area contributed by atoms with Gasteiger partial charge in [0.05, 0.1) is 5.69 Å². The van der Waals surface area contributed by atoms with Gasteiger partial charge in [-0.05, 0) is 43.2 Å². The molecule has 0 spiro atoms. The van der Waals surface area contributed by atoms with Crippen LogP contribution in [0.25, 0.3) is 16.9 Å². The molecule has 3 aromatic rings. The molecule has 5 heteroatoms. The lowest BCUT2D eigenvalue weighted by molar-refractivity contribution is 0.111. The third-order valence-electron chi connectivity index (χ3n) is 3.34. The minimum Gasteiger partial charge on any atom is -0.296 e. The summed E-state index contributed by atoms with van der Waals surface area (Å²) in [7, 11) is 0. The van der Waals surface area contributed by atoms with Gasteiger partial charge in [0.15, 0.2) is 12.0 Å². The fraction of sp³-hybridized carbons (Fsp3) is 0.125. The third kappa shape index (κ3) is 2.33. The van der Waals surface area contributed by atoms with Crippen LogP contribution in [0.2, 0.25) is 0 Å². The molecule has 0 radical (unpaired) electrons. The summed E-state index contributed by atoms with van der Waals surface area (Å²) in [5.41, 5.74) is 4.87. The molecule has 0 saturated carbocycles. The second-order valence-corrected chi connectivity index (χ2v) is 4.88. The van der Waals surface area contributed by atoms with Crippen LogP contribution < -0.4 is 0 Å². The number of carbonyl (C=O) groups is 1. The van der Waals surface area contributed by atoms with Crippen molar-refractivity contribution in [3.05, 3.63) is 59.5 Å². The fourth-order valence-corrected chi connectivity index (χ4v) is 2.26. The van der Waals surface area contributed by atoms with E-state index in [0.717, 1.165) is 28.7 Å². The number of aldehydes is 1. The van der Waals surface area contributed by atoms with Crippen LogP contribution in [0.15, 0.2) is 42.7 Å². The first kappa shape index (κ1) is 13.2. The molecule has 0 aliphatic heterocycles. The average molecular weight is 278 g/mol. The highest BCUT2D eigenvalue weighted by atomic mass is 16.1. The number of aromatic nitrogens is 4. The second-order valence-electron chi connectivity index (χ2n) is 4.88. The quantitative estimate of drug-likeness (QED) is 0.691. The number of pyridine rings is 1. The number of hydrogen-bond donors (Lipinski definition) is 0. The van der Waals surface area contributed by atoms with Crippen molar-refractivity contribution in [3.8, 4) is 16.9 Å². The zero-order valence-corrected chi connectivity index (χ0v) is 11.8. The maximum absolute atomic E-state index is 11.3. The van der Waals surface area contributed by atoms with Crippen molar-refractivity contribution in [2.75, 3.05) is 0 Å². The van der Waals surface area contributed by atoms with Crippen LogP contribution in [0.4, 0.5) is 0 Å². The zero-order valence-electron chi connectivity index (χ0n) is 11.8. The van der Waals surface area contributed by atoms with Crippen molar-refractivity contribution in [3.63, 3.8) is 0 Å². The number of hydrogen-bond acceptors (Lipinski definition) is 4. The van der Waals surface area contributed by atoms with E-state index >= 15 is 0 Å². The monoisotopic (exact) mass is 278 g/mol. The second kappa shape index (κ2) is 5.28. The van der Waals surface area contributed by atoms with Crippen LogP contribution in [0.3, 0.4) is 0 Å². The summed E-state index contributed by atoms with van der Waals surface area (Å²) in [5, 5.41) is 8.12. The predicted octanol–water partition coefficient (Wildman–Crippen LogP) is 2.76. The number of rotatable bonds is 3. The van der Waals surface area contributed by atoms with E-state index in [1.165, 1.54) is 0 Å². The SMILES string of the molecule is Cc1ccc(C)c(-n2nnc(C=O)c2-c2cccnc2)c1. The minimum atomic E-state index is 0.309. The maximum Gasteiger partial charge on any atom is 0.172 e. The molecule has 0 amide bonds. The predicted molar refractivity (Wildman–Crippen MR) is 79.5 cm³/mol. The average Bonchev–Trinajstić information content (AvgIpc) is 2.94. The van der Waals surface area contributed by atoms with E-state index in [2.05, 4.69) is 15.3 Å². The largest absolute Gasteiger partial charge is 0.296 e. The van der Waals surface area contributed by atoms with E-state index < -0.39 is 0 Å². The molecule has 2 heterocycles. The minimum absolute atomic E-state index is 0.309. The first-order valence-corrected chi connectivity index (χ1v) is 6.59. The van der Waals surface area contributed by atoms with Crippen LogP contribution in [0.5, 0.6) is 0 Å². The molecule has 2 aromatic heterocycles. The third-order valence-corrected chi connectivity index (χ3v) is 3.34. The first-order valence-electron chi connectivity index (χ1n) is 6.59. The zero-order chi connectivity index (χ0) is 14.8. The molecule has 0 atom stereocenters.